The van der Waals surface area contributed by atoms with E-state index in [9.17, 15) is 4.79 Å². The molecule has 3 heterocycles. The number of hydrogen-bond acceptors (Lipinski definition) is 7. The van der Waals surface area contributed by atoms with Crippen molar-refractivity contribution in [3.05, 3.63) is 72.6 Å². The van der Waals surface area contributed by atoms with Gasteiger partial charge < -0.3 is 19.7 Å². The molecule has 34 heavy (non-hydrogen) atoms. The fraction of sp³-hybridized carbons (Fsp3) is 0.231. The van der Waals surface area contributed by atoms with Gasteiger partial charge in [0.05, 0.1) is 25.5 Å². The zero-order valence-electron chi connectivity index (χ0n) is 18.9. The summed E-state index contributed by atoms with van der Waals surface area (Å²) in [5.41, 5.74) is 2.19. The van der Waals surface area contributed by atoms with Crippen molar-refractivity contribution in [2.45, 2.75) is 6.92 Å². The smallest absolute Gasteiger partial charge is 0.256 e. The Bertz CT molecular complexity index is 1300. The first-order valence-electron chi connectivity index (χ1n) is 11.3. The van der Waals surface area contributed by atoms with Crippen molar-refractivity contribution in [3.63, 3.8) is 0 Å². The van der Waals surface area contributed by atoms with Gasteiger partial charge in [-0.25, -0.2) is 15.0 Å². The van der Waals surface area contributed by atoms with Gasteiger partial charge in [-0.1, -0.05) is 24.3 Å². The van der Waals surface area contributed by atoms with Crippen LogP contribution in [0.3, 0.4) is 0 Å². The number of hydrogen-bond donors (Lipinski definition) is 1. The number of nitrogens with one attached hydrogen (secondary N) is 1. The molecule has 1 N–H and O–H groups in total. The summed E-state index contributed by atoms with van der Waals surface area (Å²) in [6.45, 7) is 5.36. The van der Waals surface area contributed by atoms with Crippen LogP contribution in [0, 0.1) is 0 Å². The lowest BCUT2D eigenvalue weighted by molar-refractivity contribution is 0.102. The van der Waals surface area contributed by atoms with E-state index in [1.54, 1.807) is 36.7 Å². The van der Waals surface area contributed by atoms with Gasteiger partial charge in [-0.05, 0) is 42.6 Å². The summed E-state index contributed by atoms with van der Waals surface area (Å²) in [6.07, 6.45) is 3.52. The Balaban J connectivity index is 1.45. The monoisotopic (exact) mass is 455 g/mol. The van der Waals surface area contributed by atoms with E-state index in [2.05, 4.69) is 20.2 Å². The first kappa shape index (κ1) is 21.8. The summed E-state index contributed by atoms with van der Waals surface area (Å²) in [5, 5.41) is 4.74. The minimum Gasteiger partial charge on any atom is -0.494 e. The SMILES string of the molecule is CCOc1ccc(C(=O)Nc2ncc(-c3ccnc(N4CCOCC4)n3)c3ccccc23)cc1. The van der Waals surface area contributed by atoms with Crippen LogP contribution in [0.5, 0.6) is 5.75 Å². The molecule has 2 aromatic carbocycles. The molecule has 0 aliphatic carbocycles. The fourth-order valence-electron chi connectivity index (χ4n) is 3.96. The van der Waals surface area contributed by atoms with Crippen LogP contribution in [-0.2, 0) is 4.74 Å². The Kier molecular flexibility index (Phi) is 6.31. The number of nitrogens with zero attached hydrogens (tertiary/aromatic N) is 4. The molecule has 0 spiro atoms. The highest BCUT2D eigenvalue weighted by Crippen LogP contribution is 2.31. The summed E-state index contributed by atoms with van der Waals surface area (Å²) in [4.78, 5) is 28.8. The van der Waals surface area contributed by atoms with Crippen molar-refractivity contribution in [1.82, 2.24) is 15.0 Å². The van der Waals surface area contributed by atoms with Gasteiger partial charge >= 0.3 is 0 Å². The number of ether oxygens (including phenoxy) is 2. The van der Waals surface area contributed by atoms with Gasteiger partial charge in [-0.3, -0.25) is 4.79 Å². The van der Waals surface area contributed by atoms with Crippen molar-refractivity contribution >= 4 is 28.4 Å². The lowest BCUT2D eigenvalue weighted by Gasteiger charge is -2.26. The number of anilines is 2. The molecule has 0 unspecified atom stereocenters. The summed E-state index contributed by atoms with van der Waals surface area (Å²) < 4.78 is 10.9. The van der Waals surface area contributed by atoms with E-state index in [4.69, 9.17) is 14.5 Å². The molecule has 1 aliphatic rings. The molecule has 8 nitrogen and oxygen atoms in total. The summed E-state index contributed by atoms with van der Waals surface area (Å²) in [6, 6.07) is 16.8. The van der Waals surface area contributed by atoms with E-state index < -0.39 is 0 Å². The first-order valence-corrected chi connectivity index (χ1v) is 11.3. The summed E-state index contributed by atoms with van der Waals surface area (Å²) in [5.74, 6) is 1.68. The molecule has 4 aromatic rings. The van der Waals surface area contributed by atoms with E-state index >= 15 is 0 Å². The Morgan fingerprint density at radius 1 is 1.03 bits per heavy atom. The Morgan fingerprint density at radius 3 is 2.56 bits per heavy atom. The van der Waals surface area contributed by atoms with Crippen molar-refractivity contribution in [1.29, 1.82) is 0 Å². The second-order valence-corrected chi connectivity index (χ2v) is 7.82. The number of rotatable bonds is 6. The van der Waals surface area contributed by atoms with Crippen molar-refractivity contribution in [2.24, 2.45) is 0 Å². The molecule has 172 valence electrons. The van der Waals surface area contributed by atoms with Crippen LogP contribution in [-0.4, -0.2) is 53.8 Å². The maximum atomic E-state index is 12.9. The molecule has 0 bridgehead atoms. The van der Waals surface area contributed by atoms with Crippen LogP contribution in [0.25, 0.3) is 22.0 Å². The molecule has 0 atom stereocenters. The maximum absolute atomic E-state index is 12.9. The topological polar surface area (TPSA) is 89.5 Å². The molecule has 0 radical (unpaired) electrons. The average Bonchev–Trinajstić information content (AvgIpc) is 2.90. The van der Waals surface area contributed by atoms with Gasteiger partial charge in [0.25, 0.3) is 5.91 Å². The molecular weight excluding hydrogens is 430 g/mol. The van der Waals surface area contributed by atoms with Gasteiger partial charge in [0.2, 0.25) is 5.95 Å². The van der Waals surface area contributed by atoms with Crippen LogP contribution in [0.1, 0.15) is 17.3 Å². The second-order valence-electron chi connectivity index (χ2n) is 7.82. The number of fused-ring (bicyclic) bond motifs is 1. The molecule has 5 rings (SSSR count). The third-order valence-corrected chi connectivity index (χ3v) is 5.67. The van der Waals surface area contributed by atoms with Gasteiger partial charge in [0.1, 0.15) is 11.6 Å². The predicted octanol–water partition coefficient (Wildman–Crippen LogP) is 4.18. The Hall–Kier alpha value is -4.04. The molecule has 1 fully saturated rings. The number of aromatic nitrogens is 3. The standard InChI is InChI=1S/C26H25N5O3/c1-2-34-19-9-7-18(8-10-19)25(32)30-24-21-6-4-3-5-20(21)22(17-28-24)23-11-12-27-26(29-23)31-13-15-33-16-14-31/h3-12,17H,2,13-16H2,1H3,(H,28,30,32). The molecule has 1 saturated heterocycles. The molecule has 2 aromatic heterocycles. The third-order valence-electron chi connectivity index (χ3n) is 5.67. The van der Waals surface area contributed by atoms with Crippen LogP contribution >= 0.6 is 0 Å². The van der Waals surface area contributed by atoms with Crippen molar-refractivity contribution < 1.29 is 14.3 Å². The van der Waals surface area contributed by atoms with E-state index in [1.165, 1.54) is 0 Å². The first-order chi connectivity index (χ1) is 16.7. The number of pyridine rings is 1. The summed E-state index contributed by atoms with van der Waals surface area (Å²) >= 11 is 0. The third kappa shape index (κ3) is 4.53. The molecule has 8 heteroatoms. The van der Waals surface area contributed by atoms with Crippen molar-refractivity contribution in [3.8, 4) is 17.0 Å². The van der Waals surface area contributed by atoms with Gasteiger partial charge in [0.15, 0.2) is 0 Å². The molecule has 1 aliphatic heterocycles. The normalized spacial score (nSPS) is 13.6. The van der Waals surface area contributed by atoms with Crippen LogP contribution in [0.2, 0.25) is 0 Å². The number of amides is 1. The predicted molar refractivity (Wildman–Crippen MR) is 131 cm³/mol. The Morgan fingerprint density at radius 2 is 1.79 bits per heavy atom. The number of benzene rings is 2. The minimum absolute atomic E-state index is 0.231. The number of morpholine rings is 1. The lowest BCUT2D eigenvalue weighted by Crippen LogP contribution is -2.37. The van der Waals surface area contributed by atoms with Crippen LogP contribution in [0.15, 0.2) is 67.0 Å². The van der Waals surface area contributed by atoms with Gasteiger partial charge in [0, 0.05) is 42.0 Å². The number of carbonyl (C=O) groups is 1. The highest BCUT2D eigenvalue weighted by atomic mass is 16.5. The molecule has 1 amide bonds. The minimum atomic E-state index is -0.231. The van der Waals surface area contributed by atoms with E-state index in [0.717, 1.165) is 40.9 Å². The van der Waals surface area contributed by atoms with Crippen LogP contribution < -0.4 is 15.0 Å². The van der Waals surface area contributed by atoms with E-state index in [0.29, 0.717) is 37.2 Å². The molecule has 0 saturated carbocycles. The second kappa shape index (κ2) is 9.84. The van der Waals surface area contributed by atoms with Gasteiger partial charge in [-0.2, -0.15) is 0 Å². The number of carbonyl (C=O) groups excluding carboxylic acids is 1. The van der Waals surface area contributed by atoms with Crippen molar-refractivity contribution in [2.75, 3.05) is 43.1 Å². The van der Waals surface area contributed by atoms with E-state index in [1.807, 2.05) is 37.3 Å². The Labute approximate surface area is 197 Å². The molecular formula is C26H25N5O3. The lowest BCUT2D eigenvalue weighted by atomic mass is 10.0. The average molecular weight is 456 g/mol. The largest absolute Gasteiger partial charge is 0.494 e. The quantitative estimate of drug-likeness (QED) is 0.466. The van der Waals surface area contributed by atoms with E-state index in [-0.39, 0.29) is 5.91 Å². The highest BCUT2D eigenvalue weighted by molar-refractivity contribution is 6.10. The zero-order valence-corrected chi connectivity index (χ0v) is 18.9. The zero-order chi connectivity index (χ0) is 23.3. The summed E-state index contributed by atoms with van der Waals surface area (Å²) in [7, 11) is 0. The fourth-order valence-corrected chi connectivity index (χ4v) is 3.96. The highest BCUT2D eigenvalue weighted by Gasteiger charge is 2.17. The van der Waals surface area contributed by atoms with Crippen LogP contribution in [0.4, 0.5) is 11.8 Å². The van der Waals surface area contributed by atoms with Gasteiger partial charge in [-0.15, -0.1) is 0 Å². The maximum Gasteiger partial charge on any atom is 0.256 e.